The molecule has 0 saturated carbocycles. The van der Waals surface area contributed by atoms with E-state index in [1.54, 1.807) is 25.1 Å². The number of ether oxygens (including phenoxy) is 1. The zero-order valence-electron chi connectivity index (χ0n) is 21.3. The number of hydrogen-bond acceptors (Lipinski definition) is 11. The number of nitrogens with one attached hydrogen (secondary N) is 1. The first kappa shape index (κ1) is 25.5. The summed E-state index contributed by atoms with van der Waals surface area (Å²) >= 11 is 0. The molecule has 3 aliphatic carbocycles. The third kappa shape index (κ3) is 3.13. The summed E-state index contributed by atoms with van der Waals surface area (Å²) < 4.78 is 5.70. The number of fused-ring (bicyclic) bond motifs is 2. The van der Waals surface area contributed by atoms with Gasteiger partial charge in [-0.2, -0.15) is 5.48 Å². The molecule has 4 aliphatic rings. The summed E-state index contributed by atoms with van der Waals surface area (Å²) in [4.78, 5) is 34.7. The SMILES string of the molecule is CONCc1cc(N(C)C)c2c(c1O)C(=O)C1=C(O)[C@]34OC3(O)C(C(N)=O)=C(O)[C@@H](N(C)C)[C@@H]4C[C@@H]1C2. The van der Waals surface area contributed by atoms with Crippen molar-refractivity contribution in [3.05, 3.63) is 45.4 Å². The van der Waals surface area contributed by atoms with Crippen molar-refractivity contribution in [1.82, 2.24) is 10.4 Å². The molecule has 1 spiro atoms. The maximum absolute atomic E-state index is 14.0. The maximum Gasteiger partial charge on any atom is 0.253 e. The fourth-order valence-corrected chi connectivity index (χ4v) is 6.65. The molecule has 1 amide bonds. The van der Waals surface area contributed by atoms with E-state index in [1.165, 1.54) is 7.11 Å². The van der Waals surface area contributed by atoms with Crippen LogP contribution in [-0.4, -0.2) is 89.7 Å². The van der Waals surface area contributed by atoms with Gasteiger partial charge in [0.2, 0.25) is 5.79 Å². The minimum Gasteiger partial charge on any atom is -0.510 e. The number of primary amides is 1. The minimum atomic E-state index is -2.37. The van der Waals surface area contributed by atoms with E-state index >= 15 is 0 Å². The smallest absolute Gasteiger partial charge is 0.253 e. The Balaban J connectivity index is 1.72. The summed E-state index contributed by atoms with van der Waals surface area (Å²) in [5.74, 6) is -6.39. The normalized spacial score (nSPS) is 32.1. The molecule has 0 radical (unpaired) electrons. The number of benzene rings is 1. The van der Waals surface area contributed by atoms with Gasteiger partial charge in [0.1, 0.15) is 22.8 Å². The lowest BCUT2D eigenvalue weighted by atomic mass is 9.60. The van der Waals surface area contributed by atoms with Gasteiger partial charge in [-0.3, -0.25) is 14.5 Å². The van der Waals surface area contributed by atoms with E-state index in [0.29, 0.717) is 17.5 Å². The Bertz CT molecular complexity index is 1290. The van der Waals surface area contributed by atoms with Crippen LogP contribution in [0.5, 0.6) is 5.75 Å². The molecule has 1 aromatic carbocycles. The number of phenols is 1. The molecule has 1 unspecified atom stereocenters. The van der Waals surface area contributed by atoms with Crippen LogP contribution in [0.15, 0.2) is 28.7 Å². The second kappa shape index (κ2) is 8.17. The van der Waals surface area contributed by atoms with E-state index in [1.807, 2.05) is 19.0 Å². The lowest BCUT2D eigenvalue weighted by molar-refractivity contribution is -0.117. The van der Waals surface area contributed by atoms with Crippen LogP contribution in [0.25, 0.3) is 0 Å². The van der Waals surface area contributed by atoms with Crippen LogP contribution in [0.1, 0.15) is 27.9 Å². The van der Waals surface area contributed by atoms with Gasteiger partial charge in [0, 0.05) is 43.4 Å². The molecule has 12 heteroatoms. The Morgan fingerprint density at radius 1 is 1.27 bits per heavy atom. The number of phenolic OH excluding ortho intramolecular Hbond substituents is 1. The third-order valence-corrected chi connectivity index (χ3v) is 8.18. The van der Waals surface area contributed by atoms with Crippen molar-refractivity contribution >= 4 is 17.4 Å². The largest absolute Gasteiger partial charge is 0.510 e. The van der Waals surface area contributed by atoms with Gasteiger partial charge >= 0.3 is 0 Å². The predicted molar refractivity (Wildman–Crippen MR) is 131 cm³/mol. The van der Waals surface area contributed by atoms with Gasteiger partial charge < -0.3 is 40.6 Å². The molecule has 1 saturated heterocycles. The number of nitrogens with two attached hydrogens (primary N) is 1. The van der Waals surface area contributed by atoms with Gasteiger partial charge in [-0.05, 0) is 44.5 Å². The summed E-state index contributed by atoms with van der Waals surface area (Å²) in [6, 6.07) is 0.973. The number of rotatable bonds is 6. The molecule has 37 heavy (non-hydrogen) atoms. The number of amides is 1. The fourth-order valence-electron chi connectivity index (χ4n) is 6.65. The summed E-state index contributed by atoms with van der Waals surface area (Å²) in [7, 11) is 8.48. The van der Waals surface area contributed by atoms with Gasteiger partial charge in [0.05, 0.1) is 18.7 Å². The highest BCUT2D eigenvalue weighted by Gasteiger charge is 2.84. The van der Waals surface area contributed by atoms with Gasteiger partial charge in [-0.15, -0.1) is 0 Å². The highest BCUT2D eigenvalue weighted by molar-refractivity contribution is 6.14. The van der Waals surface area contributed by atoms with E-state index in [-0.39, 0.29) is 29.9 Å². The quantitative estimate of drug-likeness (QED) is 0.221. The van der Waals surface area contributed by atoms with Crippen molar-refractivity contribution in [1.29, 1.82) is 0 Å². The van der Waals surface area contributed by atoms with Gasteiger partial charge in [-0.25, -0.2) is 0 Å². The van der Waals surface area contributed by atoms with Crippen LogP contribution in [0.3, 0.4) is 0 Å². The van der Waals surface area contributed by atoms with Crippen LogP contribution in [0, 0.1) is 11.8 Å². The molecule has 1 fully saturated rings. The lowest BCUT2D eigenvalue weighted by Gasteiger charge is -2.46. The summed E-state index contributed by atoms with van der Waals surface area (Å²) in [6.07, 6.45) is 0.574. The van der Waals surface area contributed by atoms with Gasteiger partial charge in [0.25, 0.3) is 5.91 Å². The molecule has 5 atom stereocenters. The zero-order chi connectivity index (χ0) is 27.2. The lowest BCUT2D eigenvalue weighted by Crippen LogP contribution is -2.57. The first-order valence-corrected chi connectivity index (χ1v) is 11.9. The predicted octanol–water partition coefficient (Wildman–Crippen LogP) is -0.00500. The molecule has 1 heterocycles. The van der Waals surface area contributed by atoms with E-state index in [0.717, 1.165) is 5.69 Å². The Kier molecular flexibility index (Phi) is 5.63. The van der Waals surface area contributed by atoms with Crippen LogP contribution in [0.4, 0.5) is 5.69 Å². The number of epoxide rings is 1. The Labute approximate surface area is 213 Å². The Morgan fingerprint density at radius 3 is 2.51 bits per heavy atom. The average molecular weight is 517 g/mol. The molecule has 0 aromatic heterocycles. The molecule has 200 valence electrons. The molecule has 7 N–H and O–H groups in total. The first-order chi connectivity index (χ1) is 17.3. The number of carbonyl (C=O) groups is 2. The summed E-state index contributed by atoms with van der Waals surface area (Å²) in [6.45, 7) is 0.129. The number of anilines is 1. The Hall–Kier alpha value is -3.16. The number of hydroxylamine groups is 1. The van der Waals surface area contributed by atoms with Crippen LogP contribution >= 0.6 is 0 Å². The highest BCUT2D eigenvalue weighted by atomic mass is 16.8. The van der Waals surface area contributed by atoms with Crippen molar-refractivity contribution in [2.45, 2.75) is 36.8 Å². The number of ketones is 1. The number of carbonyl (C=O) groups excluding carboxylic acids is 2. The number of aliphatic hydroxyl groups excluding tert-OH is 2. The molecule has 12 nitrogen and oxygen atoms in total. The second-order valence-corrected chi connectivity index (χ2v) is 10.5. The topological polar surface area (TPSA) is 181 Å². The number of aliphatic hydroxyl groups is 3. The van der Waals surface area contributed by atoms with E-state index in [4.69, 9.17) is 15.3 Å². The monoisotopic (exact) mass is 516 g/mol. The fraction of sp³-hybridized carbons (Fsp3) is 0.520. The molecule has 5 rings (SSSR count). The number of Topliss-reactive ketones (excluding diaryl/α,β-unsaturated/α-hetero) is 1. The number of likely N-dealkylation sites (N-methyl/N-ethyl adjacent to an activating group) is 1. The van der Waals surface area contributed by atoms with Crippen molar-refractivity contribution in [2.24, 2.45) is 17.6 Å². The number of hydrogen-bond donors (Lipinski definition) is 6. The van der Waals surface area contributed by atoms with Crippen molar-refractivity contribution in [3.8, 4) is 5.75 Å². The Morgan fingerprint density at radius 2 is 1.95 bits per heavy atom. The summed E-state index contributed by atoms with van der Waals surface area (Å²) in [5.41, 5.74) is 7.66. The summed E-state index contributed by atoms with van der Waals surface area (Å²) in [5, 5.41) is 45.0. The van der Waals surface area contributed by atoms with Gasteiger partial charge in [-0.1, -0.05) is 0 Å². The number of nitrogens with zero attached hydrogens (tertiary/aromatic N) is 2. The van der Waals surface area contributed by atoms with Crippen molar-refractivity contribution < 1.29 is 39.6 Å². The van der Waals surface area contributed by atoms with E-state index in [2.05, 4.69) is 5.48 Å². The zero-order valence-corrected chi connectivity index (χ0v) is 21.3. The van der Waals surface area contributed by atoms with Crippen LogP contribution in [-0.2, 0) is 27.3 Å². The number of allylic oxidation sites excluding steroid dienone is 1. The van der Waals surface area contributed by atoms with Gasteiger partial charge in [0.15, 0.2) is 11.4 Å². The minimum absolute atomic E-state index is 0.0132. The van der Waals surface area contributed by atoms with E-state index < -0.39 is 58.0 Å². The molecule has 1 aliphatic heterocycles. The van der Waals surface area contributed by atoms with Crippen LogP contribution in [0.2, 0.25) is 0 Å². The maximum atomic E-state index is 14.0. The second-order valence-electron chi connectivity index (χ2n) is 10.5. The molecule has 1 aromatic rings. The highest BCUT2D eigenvalue weighted by Crippen LogP contribution is 2.68. The standard InChI is InChI=1S/C25H32N4O8/c1-28(2)14-8-11(9-27-36-5)19(30)16-12(14)6-10-7-13-18(29(3)4)21(32)17(23(26)34)25(35)24(13,37-25)22(33)15(10)20(16)31/h8,10,13,18,27,30,32-33,35H,6-7,9H2,1-5H3,(H2,26,34)/t10-,13-,18-,24-,25?/m0/s1. The van der Waals surface area contributed by atoms with Crippen molar-refractivity contribution in [3.63, 3.8) is 0 Å². The average Bonchev–Trinajstić information content (AvgIpc) is 3.43. The van der Waals surface area contributed by atoms with E-state index in [9.17, 15) is 30.0 Å². The third-order valence-electron chi connectivity index (χ3n) is 8.18. The molecular formula is C25H32N4O8. The molecule has 0 bridgehead atoms. The number of aromatic hydroxyl groups is 1. The van der Waals surface area contributed by atoms with Crippen LogP contribution < -0.4 is 16.1 Å². The first-order valence-electron chi connectivity index (χ1n) is 11.9. The molecular weight excluding hydrogens is 484 g/mol. The van der Waals surface area contributed by atoms with Crippen molar-refractivity contribution in [2.75, 3.05) is 40.2 Å².